The molecule has 0 aromatic heterocycles. The van der Waals surface area contributed by atoms with E-state index in [4.69, 9.17) is 4.74 Å². The van der Waals surface area contributed by atoms with Gasteiger partial charge in [0.05, 0.1) is 18.2 Å². The van der Waals surface area contributed by atoms with Gasteiger partial charge in [-0.2, -0.15) is 0 Å². The zero-order valence-corrected chi connectivity index (χ0v) is 18.4. The maximum absolute atomic E-state index is 13.6. The predicted molar refractivity (Wildman–Crippen MR) is 124 cm³/mol. The summed E-state index contributed by atoms with van der Waals surface area (Å²) in [7, 11) is 0. The van der Waals surface area contributed by atoms with Gasteiger partial charge < -0.3 is 9.84 Å². The number of halogens is 1. The van der Waals surface area contributed by atoms with Gasteiger partial charge in [-0.3, -0.25) is 14.5 Å². The molecule has 1 aliphatic rings. The van der Waals surface area contributed by atoms with E-state index >= 15 is 0 Å². The number of ether oxygens (including phenoxy) is 1. The number of nitrogens with zero attached hydrogens (tertiary/aromatic N) is 1. The Bertz CT molecular complexity index is 1190. The number of hydrogen-bond donors (Lipinski definition) is 1. The first-order valence-electron chi connectivity index (χ1n) is 10.7. The Labute approximate surface area is 191 Å². The highest BCUT2D eigenvalue weighted by atomic mass is 19.1. The monoisotopic (exact) mass is 445 g/mol. The highest BCUT2D eigenvalue weighted by molar-refractivity contribution is 6.51. The number of para-hydroxylation sites is 1. The summed E-state index contributed by atoms with van der Waals surface area (Å²) >= 11 is 0. The Balaban J connectivity index is 1.80. The van der Waals surface area contributed by atoms with Crippen LogP contribution in [-0.4, -0.2) is 23.4 Å². The number of Topliss-reactive ketones (excluding diaryl/α,β-unsaturated/α-hetero) is 1. The number of anilines is 1. The summed E-state index contributed by atoms with van der Waals surface area (Å²) in [6.45, 7) is 4.64. The summed E-state index contributed by atoms with van der Waals surface area (Å²) in [6.07, 6.45) is 0. The van der Waals surface area contributed by atoms with Crippen molar-refractivity contribution in [3.8, 4) is 5.75 Å². The highest BCUT2D eigenvalue weighted by Crippen LogP contribution is 2.42. The van der Waals surface area contributed by atoms with Crippen molar-refractivity contribution in [1.82, 2.24) is 0 Å². The quantitative estimate of drug-likeness (QED) is 0.310. The summed E-state index contributed by atoms with van der Waals surface area (Å²) in [6, 6.07) is 20.1. The van der Waals surface area contributed by atoms with Crippen LogP contribution in [0, 0.1) is 11.7 Å². The summed E-state index contributed by atoms with van der Waals surface area (Å²) in [5, 5.41) is 11.1. The standard InChI is InChI=1S/C27H24FNO4/c1-17(2)16-33-22-14-10-19(11-15-22)25(30)23-24(18-8-12-20(28)13-9-18)29(27(32)26(23)31)21-6-4-3-5-7-21/h3-15,17,24,30H,16H2,1-2H3/b25-23-. The fraction of sp³-hybridized carbons (Fsp3) is 0.185. The van der Waals surface area contributed by atoms with Crippen molar-refractivity contribution in [2.24, 2.45) is 5.92 Å². The van der Waals surface area contributed by atoms with Crippen molar-refractivity contribution < 1.29 is 23.8 Å². The van der Waals surface area contributed by atoms with Gasteiger partial charge in [0.1, 0.15) is 17.3 Å². The lowest BCUT2D eigenvalue weighted by Gasteiger charge is -2.25. The van der Waals surface area contributed by atoms with Gasteiger partial charge in [-0.25, -0.2) is 4.39 Å². The summed E-state index contributed by atoms with van der Waals surface area (Å²) in [5.74, 6) is -1.29. The third-order valence-electron chi connectivity index (χ3n) is 5.38. The normalized spacial score (nSPS) is 17.6. The molecular weight excluding hydrogens is 421 g/mol. The van der Waals surface area contributed by atoms with Crippen LogP contribution in [-0.2, 0) is 9.59 Å². The maximum Gasteiger partial charge on any atom is 0.300 e. The molecule has 1 aliphatic heterocycles. The Hall–Kier alpha value is -3.93. The van der Waals surface area contributed by atoms with Crippen LogP contribution in [0.3, 0.4) is 0 Å². The molecule has 0 aliphatic carbocycles. The van der Waals surface area contributed by atoms with E-state index in [0.717, 1.165) is 0 Å². The van der Waals surface area contributed by atoms with Crippen molar-refractivity contribution in [1.29, 1.82) is 0 Å². The first kappa shape index (κ1) is 22.3. The van der Waals surface area contributed by atoms with Crippen molar-refractivity contribution in [2.75, 3.05) is 11.5 Å². The van der Waals surface area contributed by atoms with Crippen LogP contribution in [0.2, 0.25) is 0 Å². The number of ketones is 1. The van der Waals surface area contributed by atoms with Crippen molar-refractivity contribution >= 4 is 23.1 Å². The number of hydrogen-bond acceptors (Lipinski definition) is 4. The summed E-state index contributed by atoms with van der Waals surface area (Å²) in [4.78, 5) is 27.5. The van der Waals surface area contributed by atoms with Gasteiger partial charge in [0.25, 0.3) is 11.7 Å². The minimum Gasteiger partial charge on any atom is -0.507 e. The van der Waals surface area contributed by atoms with E-state index in [1.165, 1.54) is 29.2 Å². The van der Waals surface area contributed by atoms with E-state index in [1.54, 1.807) is 54.6 Å². The predicted octanol–water partition coefficient (Wildman–Crippen LogP) is 5.49. The minimum atomic E-state index is -0.898. The number of aliphatic hydroxyl groups is 1. The third kappa shape index (κ3) is 4.51. The molecule has 1 amide bonds. The van der Waals surface area contributed by atoms with Gasteiger partial charge in [-0.1, -0.05) is 44.2 Å². The molecule has 6 heteroatoms. The molecule has 1 saturated heterocycles. The van der Waals surface area contributed by atoms with Crippen LogP contribution in [0.15, 0.2) is 84.4 Å². The molecule has 33 heavy (non-hydrogen) atoms. The molecule has 0 radical (unpaired) electrons. The number of carbonyl (C=O) groups excluding carboxylic acids is 2. The molecule has 1 heterocycles. The van der Waals surface area contributed by atoms with E-state index in [9.17, 15) is 19.1 Å². The largest absolute Gasteiger partial charge is 0.507 e. The molecule has 1 atom stereocenters. The van der Waals surface area contributed by atoms with Crippen LogP contribution in [0.1, 0.15) is 31.0 Å². The molecule has 1 N–H and O–H groups in total. The second-order valence-corrected chi connectivity index (χ2v) is 8.29. The van der Waals surface area contributed by atoms with Crippen molar-refractivity contribution in [2.45, 2.75) is 19.9 Å². The van der Waals surface area contributed by atoms with E-state index in [-0.39, 0.29) is 11.3 Å². The Morgan fingerprint density at radius 3 is 2.21 bits per heavy atom. The Morgan fingerprint density at radius 2 is 1.61 bits per heavy atom. The molecule has 3 aromatic rings. The number of carbonyl (C=O) groups is 2. The molecule has 1 fully saturated rings. The number of aliphatic hydroxyl groups excluding tert-OH is 1. The Kier molecular flexibility index (Phi) is 6.27. The van der Waals surface area contributed by atoms with Crippen LogP contribution >= 0.6 is 0 Å². The lowest BCUT2D eigenvalue weighted by Crippen LogP contribution is -2.29. The van der Waals surface area contributed by atoms with Crippen LogP contribution in [0.4, 0.5) is 10.1 Å². The second kappa shape index (κ2) is 9.28. The van der Waals surface area contributed by atoms with E-state index in [0.29, 0.717) is 35.1 Å². The van der Waals surface area contributed by atoms with Crippen LogP contribution < -0.4 is 9.64 Å². The molecule has 5 nitrogen and oxygen atoms in total. The van der Waals surface area contributed by atoms with Crippen LogP contribution in [0.5, 0.6) is 5.75 Å². The van der Waals surface area contributed by atoms with E-state index in [2.05, 4.69) is 0 Å². The Morgan fingerprint density at radius 1 is 0.970 bits per heavy atom. The highest BCUT2D eigenvalue weighted by Gasteiger charge is 2.46. The SMILES string of the molecule is CC(C)COc1ccc(/C(O)=C2/C(=O)C(=O)N(c3ccccc3)C2c2ccc(F)cc2)cc1. The summed E-state index contributed by atoms with van der Waals surface area (Å²) in [5.41, 5.74) is 1.35. The van der Waals surface area contributed by atoms with E-state index < -0.39 is 23.5 Å². The summed E-state index contributed by atoms with van der Waals surface area (Å²) < 4.78 is 19.3. The van der Waals surface area contributed by atoms with Crippen LogP contribution in [0.25, 0.3) is 5.76 Å². The average molecular weight is 445 g/mol. The van der Waals surface area contributed by atoms with Gasteiger partial charge in [0, 0.05) is 11.3 Å². The molecule has 0 bridgehead atoms. The molecule has 3 aromatic carbocycles. The number of rotatable bonds is 6. The van der Waals surface area contributed by atoms with E-state index in [1.807, 2.05) is 13.8 Å². The molecule has 4 rings (SSSR count). The van der Waals surface area contributed by atoms with Gasteiger partial charge in [-0.05, 0) is 60.0 Å². The lowest BCUT2D eigenvalue weighted by atomic mass is 9.95. The molecule has 0 saturated carbocycles. The second-order valence-electron chi connectivity index (χ2n) is 8.29. The fourth-order valence-corrected chi connectivity index (χ4v) is 3.78. The van der Waals surface area contributed by atoms with Gasteiger partial charge in [0.2, 0.25) is 0 Å². The first-order chi connectivity index (χ1) is 15.9. The van der Waals surface area contributed by atoms with Crippen molar-refractivity contribution in [3.05, 3.63) is 101 Å². The number of amides is 1. The number of benzene rings is 3. The third-order valence-corrected chi connectivity index (χ3v) is 5.38. The molecule has 0 spiro atoms. The fourth-order valence-electron chi connectivity index (χ4n) is 3.78. The maximum atomic E-state index is 13.6. The minimum absolute atomic E-state index is 0.0497. The molecule has 1 unspecified atom stereocenters. The molecule has 168 valence electrons. The lowest BCUT2D eigenvalue weighted by molar-refractivity contribution is -0.132. The molecular formula is C27H24FNO4. The van der Waals surface area contributed by atoms with Gasteiger partial charge >= 0.3 is 0 Å². The first-order valence-corrected chi connectivity index (χ1v) is 10.7. The average Bonchev–Trinajstić information content (AvgIpc) is 3.09. The van der Waals surface area contributed by atoms with Crippen molar-refractivity contribution in [3.63, 3.8) is 0 Å². The topological polar surface area (TPSA) is 66.8 Å². The van der Waals surface area contributed by atoms with Gasteiger partial charge in [0.15, 0.2) is 0 Å². The van der Waals surface area contributed by atoms with Gasteiger partial charge in [-0.15, -0.1) is 0 Å². The zero-order chi connectivity index (χ0) is 23.5. The smallest absolute Gasteiger partial charge is 0.300 e. The zero-order valence-electron chi connectivity index (χ0n) is 18.4.